The molecule has 0 aliphatic carbocycles. The van der Waals surface area contributed by atoms with Crippen molar-refractivity contribution in [3.8, 4) is 0 Å². The Morgan fingerprint density at radius 1 is 1.46 bits per heavy atom. The van der Waals surface area contributed by atoms with Crippen LogP contribution in [0.5, 0.6) is 0 Å². The third-order valence-electron chi connectivity index (χ3n) is 1.10. The zero-order valence-corrected chi connectivity index (χ0v) is 7.30. The number of carboxylic acids is 1. The Balaban J connectivity index is 0.000000310. The normalized spacial score (nSPS) is 7.69. The van der Waals surface area contributed by atoms with E-state index >= 15 is 0 Å². The summed E-state index contributed by atoms with van der Waals surface area (Å²) >= 11 is 0. The minimum absolute atomic E-state index is 0.390. The average molecular weight is 178 g/mol. The molecule has 0 aromatic heterocycles. The van der Waals surface area contributed by atoms with Crippen LogP contribution >= 0.6 is 0 Å². The molecule has 0 aliphatic rings. The van der Waals surface area contributed by atoms with Gasteiger partial charge in [-0.05, 0) is 6.92 Å². The molecule has 0 aliphatic heterocycles. The molecule has 0 heterocycles. The van der Waals surface area contributed by atoms with Crippen LogP contribution < -0.4 is 5.11 Å². The zero-order chi connectivity index (χ0) is 10.1. The van der Waals surface area contributed by atoms with Gasteiger partial charge >= 0.3 is 6.54 Å². The van der Waals surface area contributed by atoms with Crippen LogP contribution in [0.15, 0.2) is 30.3 Å². The number of carbonyl (C=O) groups excluding carboxylic acids is 1. The number of aliphatic carboxylic acids is 1. The Kier molecular flexibility index (Phi) is 5.81. The standard InChI is InChI=1S/C7H7N2.C2H4O2/c8-9-6-7-4-2-1-3-5-7;1-2(3)4/h1-5H,6H2;1H3,(H,3,4)/q+1;/p-1. The van der Waals surface area contributed by atoms with Crippen LogP contribution in [0.25, 0.3) is 4.98 Å². The van der Waals surface area contributed by atoms with E-state index in [0.29, 0.717) is 6.54 Å². The second-order valence-electron chi connectivity index (χ2n) is 2.28. The molecule has 0 amide bonds. The molecule has 0 spiro atoms. The van der Waals surface area contributed by atoms with Crippen molar-refractivity contribution in [2.75, 3.05) is 0 Å². The second kappa shape index (κ2) is 6.80. The van der Waals surface area contributed by atoms with E-state index in [-0.39, 0.29) is 0 Å². The Bertz CT molecular complexity index is 286. The number of rotatable bonds is 1. The van der Waals surface area contributed by atoms with E-state index in [2.05, 4.69) is 4.98 Å². The monoisotopic (exact) mass is 178 g/mol. The van der Waals surface area contributed by atoms with E-state index in [4.69, 9.17) is 15.3 Å². The van der Waals surface area contributed by atoms with Crippen molar-refractivity contribution in [3.05, 3.63) is 40.9 Å². The van der Waals surface area contributed by atoms with E-state index < -0.39 is 5.97 Å². The summed E-state index contributed by atoms with van der Waals surface area (Å²) < 4.78 is 0. The molecule has 0 N–H and O–H groups in total. The van der Waals surface area contributed by atoms with Crippen molar-refractivity contribution >= 4 is 5.97 Å². The molecule has 0 unspecified atom stereocenters. The second-order valence-corrected chi connectivity index (χ2v) is 2.28. The highest BCUT2D eigenvalue weighted by molar-refractivity contribution is 5.60. The lowest BCUT2D eigenvalue weighted by molar-refractivity contribution is -0.302. The van der Waals surface area contributed by atoms with Crippen molar-refractivity contribution in [3.63, 3.8) is 0 Å². The molecule has 1 aromatic rings. The van der Waals surface area contributed by atoms with E-state index in [1.807, 2.05) is 30.3 Å². The number of diazo groups is 1. The minimum Gasteiger partial charge on any atom is -0.550 e. The third-order valence-corrected chi connectivity index (χ3v) is 1.10. The highest BCUT2D eigenvalue weighted by atomic mass is 16.4. The van der Waals surface area contributed by atoms with Gasteiger partial charge in [0.15, 0.2) is 0 Å². The maximum atomic E-state index is 8.89. The molecule has 13 heavy (non-hydrogen) atoms. The molecule has 0 fully saturated rings. The Hall–Kier alpha value is -1.89. The molecule has 68 valence electrons. The molecule has 0 atom stereocenters. The highest BCUT2D eigenvalue weighted by Gasteiger charge is 1.94. The molecule has 0 saturated heterocycles. The number of carboxylic acid groups (broad SMARTS) is 1. The van der Waals surface area contributed by atoms with E-state index in [0.717, 1.165) is 12.5 Å². The van der Waals surface area contributed by atoms with Gasteiger partial charge in [0.1, 0.15) is 4.98 Å². The number of hydrogen-bond donors (Lipinski definition) is 0. The average Bonchev–Trinajstić information content (AvgIpc) is 2.06. The summed E-state index contributed by atoms with van der Waals surface area (Å²) in [6.07, 6.45) is 0. The van der Waals surface area contributed by atoms with Crippen molar-refractivity contribution in [1.82, 2.24) is 0 Å². The Morgan fingerprint density at radius 2 is 1.92 bits per heavy atom. The molecular weight excluding hydrogens is 168 g/mol. The van der Waals surface area contributed by atoms with E-state index in [1.54, 1.807) is 0 Å². The highest BCUT2D eigenvalue weighted by Crippen LogP contribution is 1.98. The van der Waals surface area contributed by atoms with Gasteiger partial charge in [-0.15, -0.1) is 0 Å². The van der Waals surface area contributed by atoms with Crippen LogP contribution in [-0.2, 0) is 11.3 Å². The minimum atomic E-state index is -1.08. The summed E-state index contributed by atoms with van der Waals surface area (Å²) in [5.74, 6) is -1.08. The van der Waals surface area contributed by atoms with Gasteiger partial charge in [-0.3, -0.25) is 0 Å². The first-order valence-electron chi connectivity index (χ1n) is 3.69. The van der Waals surface area contributed by atoms with Crippen molar-refractivity contribution < 1.29 is 9.90 Å². The molecule has 1 rings (SSSR count). The van der Waals surface area contributed by atoms with Gasteiger partial charge in [-0.1, -0.05) is 30.3 Å². The molecule has 0 radical (unpaired) electrons. The summed E-state index contributed by atoms with van der Waals surface area (Å²) in [5.41, 5.74) is 1.03. The number of carbonyl (C=O) groups is 1. The predicted molar refractivity (Wildman–Crippen MR) is 45.9 cm³/mol. The predicted octanol–water partition coefficient (Wildman–Crippen LogP) is 0.796. The van der Waals surface area contributed by atoms with Gasteiger partial charge in [0, 0.05) is 11.5 Å². The van der Waals surface area contributed by atoms with Gasteiger partial charge in [0.25, 0.3) is 0 Å². The first-order chi connectivity index (χ1) is 6.16. The Morgan fingerprint density at radius 3 is 2.31 bits per heavy atom. The van der Waals surface area contributed by atoms with Crippen LogP contribution in [0.1, 0.15) is 12.5 Å². The van der Waals surface area contributed by atoms with Crippen LogP contribution in [0, 0.1) is 5.39 Å². The Labute approximate surface area is 76.4 Å². The van der Waals surface area contributed by atoms with E-state index in [1.165, 1.54) is 0 Å². The first kappa shape index (κ1) is 11.1. The molecule has 4 heteroatoms. The van der Waals surface area contributed by atoms with E-state index in [9.17, 15) is 0 Å². The molecular formula is C9H10N2O2. The topological polar surface area (TPSA) is 68.3 Å². The zero-order valence-electron chi connectivity index (χ0n) is 7.30. The van der Waals surface area contributed by atoms with Crippen LogP contribution in [0.4, 0.5) is 0 Å². The fraction of sp³-hybridized carbons (Fsp3) is 0.222. The lowest BCUT2D eigenvalue weighted by Gasteiger charge is -1.81. The van der Waals surface area contributed by atoms with Crippen LogP contribution in [0.3, 0.4) is 0 Å². The molecule has 0 bridgehead atoms. The van der Waals surface area contributed by atoms with Crippen molar-refractivity contribution in [2.24, 2.45) is 0 Å². The largest absolute Gasteiger partial charge is 0.550 e. The van der Waals surface area contributed by atoms with Gasteiger partial charge in [-0.2, -0.15) is 0 Å². The molecule has 0 saturated carbocycles. The van der Waals surface area contributed by atoms with Crippen molar-refractivity contribution in [1.29, 1.82) is 5.39 Å². The van der Waals surface area contributed by atoms with Crippen molar-refractivity contribution in [2.45, 2.75) is 13.5 Å². The number of benzene rings is 1. The van der Waals surface area contributed by atoms with Crippen LogP contribution in [0.2, 0.25) is 0 Å². The molecule has 1 aromatic carbocycles. The van der Waals surface area contributed by atoms with Crippen LogP contribution in [-0.4, -0.2) is 5.97 Å². The lowest BCUT2D eigenvalue weighted by Crippen LogP contribution is -2.16. The van der Waals surface area contributed by atoms with Gasteiger partial charge in [-0.25, -0.2) is 0 Å². The number of nitrogens with zero attached hydrogens (tertiary/aromatic N) is 2. The SMILES string of the molecule is CC(=O)[O-].N#[N+]Cc1ccccc1. The lowest BCUT2D eigenvalue weighted by atomic mass is 10.2. The quantitative estimate of drug-likeness (QED) is 0.597. The summed E-state index contributed by atoms with van der Waals surface area (Å²) in [7, 11) is 0. The summed E-state index contributed by atoms with van der Waals surface area (Å²) in [4.78, 5) is 11.9. The summed E-state index contributed by atoms with van der Waals surface area (Å²) in [5, 5.41) is 17.0. The maximum absolute atomic E-state index is 8.89. The smallest absolute Gasteiger partial charge is 0.330 e. The van der Waals surface area contributed by atoms with Gasteiger partial charge < -0.3 is 9.90 Å². The van der Waals surface area contributed by atoms with Gasteiger partial charge in [0.05, 0.1) is 0 Å². The molecule has 4 nitrogen and oxygen atoms in total. The summed E-state index contributed by atoms with van der Waals surface area (Å²) in [6, 6.07) is 9.60. The fourth-order valence-corrected chi connectivity index (χ4v) is 0.665. The fourth-order valence-electron chi connectivity index (χ4n) is 0.665. The van der Waals surface area contributed by atoms with Gasteiger partial charge in [0.2, 0.25) is 5.39 Å². The third kappa shape index (κ3) is 8.01. The first-order valence-corrected chi connectivity index (χ1v) is 3.69. The number of hydrogen-bond acceptors (Lipinski definition) is 3. The maximum Gasteiger partial charge on any atom is 0.330 e. The summed E-state index contributed by atoms with van der Waals surface area (Å²) in [6.45, 7) is 1.36.